The van der Waals surface area contributed by atoms with Crippen LogP contribution in [0.15, 0.2) is 16.7 Å². The van der Waals surface area contributed by atoms with Crippen molar-refractivity contribution in [3.05, 3.63) is 27.5 Å². The zero-order valence-electron chi connectivity index (χ0n) is 6.72. The standard InChI is InChI=1S/C9H6BrClN2/c10-7-3-6(11)4-13-8(7)9(5-12)1-2-9/h3-4H,1-2H2. The van der Waals surface area contributed by atoms with Gasteiger partial charge in [-0.1, -0.05) is 11.6 Å². The smallest absolute Gasteiger partial charge is 0.101 e. The van der Waals surface area contributed by atoms with E-state index >= 15 is 0 Å². The molecule has 13 heavy (non-hydrogen) atoms. The summed E-state index contributed by atoms with van der Waals surface area (Å²) >= 11 is 9.12. The van der Waals surface area contributed by atoms with Crippen LogP contribution in [0, 0.1) is 11.3 Å². The SMILES string of the molecule is N#CC1(c2ncc(Cl)cc2Br)CC1. The number of pyridine rings is 1. The first-order valence-electron chi connectivity index (χ1n) is 3.91. The molecule has 1 aromatic rings. The van der Waals surface area contributed by atoms with Crippen LogP contribution in [0.25, 0.3) is 0 Å². The molecule has 1 fully saturated rings. The van der Waals surface area contributed by atoms with Crippen molar-refractivity contribution in [1.82, 2.24) is 4.98 Å². The van der Waals surface area contributed by atoms with Crippen LogP contribution in [0.4, 0.5) is 0 Å². The second-order valence-corrected chi connectivity index (χ2v) is 4.47. The summed E-state index contributed by atoms with van der Waals surface area (Å²) in [6, 6.07) is 4.07. The molecule has 0 aromatic carbocycles. The maximum absolute atomic E-state index is 8.96. The molecule has 0 amide bonds. The number of hydrogen-bond donors (Lipinski definition) is 0. The molecular formula is C9H6BrClN2. The highest BCUT2D eigenvalue weighted by molar-refractivity contribution is 9.10. The van der Waals surface area contributed by atoms with Crippen LogP contribution >= 0.6 is 27.5 Å². The van der Waals surface area contributed by atoms with Crippen molar-refractivity contribution in [2.24, 2.45) is 0 Å². The van der Waals surface area contributed by atoms with Gasteiger partial charge in [-0.2, -0.15) is 5.26 Å². The second-order valence-electron chi connectivity index (χ2n) is 3.18. The van der Waals surface area contributed by atoms with Gasteiger partial charge in [0, 0.05) is 10.7 Å². The molecule has 1 aliphatic rings. The van der Waals surface area contributed by atoms with Crippen LogP contribution in [0.5, 0.6) is 0 Å². The van der Waals surface area contributed by atoms with Crippen molar-refractivity contribution in [2.45, 2.75) is 18.3 Å². The topological polar surface area (TPSA) is 36.7 Å². The highest BCUT2D eigenvalue weighted by atomic mass is 79.9. The zero-order chi connectivity index (χ0) is 9.47. The monoisotopic (exact) mass is 256 g/mol. The van der Waals surface area contributed by atoms with E-state index < -0.39 is 0 Å². The van der Waals surface area contributed by atoms with E-state index in [0.29, 0.717) is 5.02 Å². The molecule has 0 atom stereocenters. The lowest BCUT2D eigenvalue weighted by atomic mass is 10.0. The molecule has 0 radical (unpaired) electrons. The largest absolute Gasteiger partial charge is 0.257 e. The van der Waals surface area contributed by atoms with Gasteiger partial charge in [0.25, 0.3) is 0 Å². The Morgan fingerprint density at radius 3 is 2.77 bits per heavy atom. The minimum absolute atomic E-state index is 0.344. The predicted octanol–water partition coefficient (Wildman–Crippen LogP) is 3.05. The number of rotatable bonds is 1. The Morgan fingerprint density at radius 1 is 1.62 bits per heavy atom. The zero-order valence-corrected chi connectivity index (χ0v) is 9.06. The van der Waals surface area contributed by atoms with Crippen molar-refractivity contribution in [1.29, 1.82) is 5.26 Å². The summed E-state index contributed by atoms with van der Waals surface area (Å²) in [4.78, 5) is 4.18. The van der Waals surface area contributed by atoms with Gasteiger partial charge in [0.15, 0.2) is 0 Å². The summed E-state index contributed by atoms with van der Waals surface area (Å²) in [6.07, 6.45) is 3.38. The lowest BCUT2D eigenvalue weighted by Crippen LogP contribution is -2.06. The fourth-order valence-electron chi connectivity index (χ4n) is 1.29. The maximum Gasteiger partial charge on any atom is 0.101 e. The van der Waals surface area contributed by atoms with E-state index in [9.17, 15) is 0 Å². The van der Waals surface area contributed by atoms with E-state index in [0.717, 1.165) is 23.0 Å². The third-order valence-corrected chi connectivity index (χ3v) is 3.04. The molecule has 66 valence electrons. The van der Waals surface area contributed by atoms with Gasteiger partial charge in [-0.05, 0) is 34.8 Å². The average molecular weight is 258 g/mol. The Morgan fingerprint density at radius 2 is 2.31 bits per heavy atom. The number of hydrogen-bond acceptors (Lipinski definition) is 2. The van der Waals surface area contributed by atoms with Crippen LogP contribution in [0.3, 0.4) is 0 Å². The van der Waals surface area contributed by atoms with Gasteiger partial charge in [-0.3, -0.25) is 4.98 Å². The molecule has 0 spiro atoms. The molecular weight excluding hydrogens is 251 g/mol. The Labute approximate surface area is 89.7 Å². The summed E-state index contributed by atoms with van der Waals surface area (Å²) in [5.41, 5.74) is 0.475. The van der Waals surface area contributed by atoms with Crippen molar-refractivity contribution in [2.75, 3.05) is 0 Å². The molecule has 4 heteroatoms. The number of nitriles is 1. The quantitative estimate of drug-likeness (QED) is 0.775. The number of nitrogens with zero attached hydrogens (tertiary/aromatic N) is 2. The Hall–Kier alpha value is -0.590. The van der Waals surface area contributed by atoms with Crippen LogP contribution in [-0.4, -0.2) is 4.98 Å². The average Bonchev–Trinajstić information content (AvgIpc) is 2.85. The van der Waals surface area contributed by atoms with E-state index in [4.69, 9.17) is 16.9 Å². The maximum atomic E-state index is 8.96. The van der Waals surface area contributed by atoms with Crippen LogP contribution in [-0.2, 0) is 5.41 Å². The van der Waals surface area contributed by atoms with Crippen molar-refractivity contribution >= 4 is 27.5 Å². The van der Waals surface area contributed by atoms with E-state index in [2.05, 4.69) is 27.0 Å². The van der Waals surface area contributed by atoms with E-state index in [-0.39, 0.29) is 5.41 Å². The van der Waals surface area contributed by atoms with Gasteiger partial charge in [0.1, 0.15) is 5.41 Å². The van der Waals surface area contributed by atoms with E-state index in [1.54, 1.807) is 12.3 Å². The van der Waals surface area contributed by atoms with Crippen molar-refractivity contribution < 1.29 is 0 Å². The normalized spacial score (nSPS) is 17.9. The first kappa shape index (κ1) is 8.98. The van der Waals surface area contributed by atoms with Gasteiger partial charge < -0.3 is 0 Å². The highest BCUT2D eigenvalue weighted by Crippen LogP contribution is 2.49. The molecule has 1 saturated carbocycles. The fourth-order valence-corrected chi connectivity index (χ4v) is 2.31. The van der Waals surface area contributed by atoms with Crippen molar-refractivity contribution in [3.8, 4) is 6.07 Å². The Bertz CT molecular complexity index is 393. The molecule has 1 heterocycles. The molecule has 0 saturated heterocycles. The van der Waals surface area contributed by atoms with Crippen LogP contribution in [0.2, 0.25) is 5.02 Å². The molecule has 2 rings (SSSR count). The molecule has 2 nitrogen and oxygen atoms in total. The van der Waals surface area contributed by atoms with E-state index in [1.165, 1.54) is 0 Å². The van der Waals surface area contributed by atoms with Gasteiger partial charge in [-0.15, -0.1) is 0 Å². The first-order valence-corrected chi connectivity index (χ1v) is 5.08. The lowest BCUT2D eigenvalue weighted by molar-refractivity contribution is 0.846. The van der Waals surface area contributed by atoms with Crippen LogP contribution < -0.4 is 0 Å². The van der Waals surface area contributed by atoms with Gasteiger partial charge >= 0.3 is 0 Å². The molecule has 0 N–H and O–H groups in total. The van der Waals surface area contributed by atoms with Crippen molar-refractivity contribution in [3.63, 3.8) is 0 Å². The molecule has 0 aliphatic heterocycles. The third-order valence-electron chi connectivity index (χ3n) is 2.23. The van der Waals surface area contributed by atoms with Crippen LogP contribution in [0.1, 0.15) is 18.5 Å². The fraction of sp³-hybridized carbons (Fsp3) is 0.333. The summed E-state index contributed by atoms with van der Waals surface area (Å²) < 4.78 is 0.832. The highest BCUT2D eigenvalue weighted by Gasteiger charge is 2.47. The summed E-state index contributed by atoms with van der Waals surface area (Å²) in [5.74, 6) is 0. The summed E-state index contributed by atoms with van der Waals surface area (Å²) in [5, 5.41) is 9.55. The third kappa shape index (κ3) is 1.45. The molecule has 0 bridgehead atoms. The number of aromatic nitrogens is 1. The Balaban J connectivity index is 2.48. The van der Waals surface area contributed by atoms with Gasteiger partial charge in [-0.25, -0.2) is 0 Å². The molecule has 0 unspecified atom stereocenters. The van der Waals surface area contributed by atoms with Gasteiger partial charge in [0.05, 0.1) is 16.8 Å². The predicted molar refractivity (Wildman–Crippen MR) is 53.5 cm³/mol. The number of halogens is 2. The lowest BCUT2D eigenvalue weighted by Gasteiger charge is -2.06. The van der Waals surface area contributed by atoms with E-state index in [1.807, 2.05) is 0 Å². The molecule has 1 aromatic heterocycles. The molecule has 1 aliphatic carbocycles. The minimum Gasteiger partial charge on any atom is -0.257 e. The summed E-state index contributed by atoms with van der Waals surface area (Å²) in [6.45, 7) is 0. The van der Waals surface area contributed by atoms with Gasteiger partial charge in [0.2, 0.25) is 0 Å². The minimum atomic E-state index is -0.344. The first-order chi connectivity index (χ1) is 6.18. The summed E-state index contributed by atoms with van der Waals surface area (Å²) in [7, 11) is 0. The Kier molecular flexibility index (Phi) is 2.05. The second kappa shape index (κ2) is 2.97.